The fourth-order valence-corrected chi connectivity index (χ4v) is 4.30. The van der Waals surface area contributed by atoms with Crippen molar-refractivity contribution in [1.29, 1.82) is 5.26 Å². The molecule has 5 nitrogen and oxygen atoms in total. The van der Waals surface area contributed by atoms with Crippen molar-refractivity contribution in [3.05, 3.63) is 75.3 Å². The molecule has 1 atom stereocenters. The summed E-state index contributed by atoms with van der Waals surface area (Å²) in [6.07, 6.45) is 0.448. The second-order valence-electron chi connectivity index (χ2n) is 6.05. The number of halogens is 1. The van der Waals surface area contributed by atoms with Gasteiger partial charge in [-0.15, -0.1) is 0 Å². The van der Waals surface area contributed by atoms with E-state index in [4.69, 9.17) is 17.3 Å². The van der Waals surface area contributed by atoms with E-state index >= 15 is 0 Å². The minimum absolute atomic E-state index is 0.187. The molecule has 0 spiro atoms. The van der Waals surface area contributed by atoms with Crippen LogP contribution in [0.4, 0.5) is 5.69 Å². The van der Waals surface area contributed by atoms with E-state index in [2.05, 4.69) is 0 Å². The monoisotopic (exact) mass is 397 g/mol. The number of carbonyl (C=O) groups excluding carboxylic acids is 2. The number of hydrogen-bond acceptors (Lipinski definition) is 4. The fourth-order valence-electron chi connectivity index (χ4n) is 2.87. The molecule has 1 unspecified atom stereocenters. The lowest BCUT2D eigenvalue weighted by molar-refractivity contribution is -0.117. The zero-order valence-electron chi connectivity index (χ0n) is 14.5. The molecule has 2 amide bonds. The van der Waals surface area contributed by atoms with Gasteiger partial charge >= 0.3 is 0 Å². The zero-order chi connectivity index (χ0) is 19.6. The maximum atomic E-state index is 13.2. The first kappa shape index (κ1) is 19.0. The molecule has 136 valence electrons. The molecule has 1 saturated heterocycles. The van der Waals surface area contributed by atoms with Gasteiger partial charge in [0.25, 0.3) is 5.91 Å². The van der Waals surface area contributed by atoms with Crippen LogP contribution < -0.4 is 10.6 Å². The molecular weight excluding hydrogens is 382 g/mol. The van der Waals surface area contributed by atoms with Crippen LogP contribution in [0.1, 0.15) is 11.1 Å². The quantitative estimate of drug-likeness (QED) is 0.631. The second-order valence-corrected chi connectivity index (χ2v) is 7.68. The van der Waals surface area contributed by atoms with E-state index in [0.717, 1.165) is 11.1 Å². The second kappa shape index (κ2) is 7.87. The van der Waals surface area contributed by atoms with Gasteiger partial charge in [-0.3, -0.25) is 14.5 Å². The number of nitrogens with two attached hydrogens (primary N) is 1. The zero-order valence-corrected chi connectivity index (χ0v) is 16.1. The third kappa shape index (κ3) is 3.85. The number of anilines is 1. The van der Waals surface area contributed by atoms with Crippen molar-refractivity contribution in [3.8, 4) is 6.07 Å². The van der Waals surface area contributed by atoms with Crippen LogP contribution in [0.25, 0.3) is 0 Å². The van der Waals surface area contributed by atoms with Crippen LogP contribution in [-0.2, 0) is 16.0 Å². The molecule has 1 aliphatic heterocycles. The number of benzene rings is 2. The summed E-state index contributed by atoms with van der Waals surface area (Å²) >= 11 is 7.11. The van der Waals surface area contributed by atoms with Gasteiger partial charge in [-0.25, -0.2) is 0 Å². The molecule has 0 saturated carbocycles. The highest BCUT2D eigenvalue weighted by molar-refractivity contribution is 8.05. The molecule has 2 aromatic rings. The van der Waals surface area contributed by atoms with Gasteiger partial charge in [0.15, 0.2) is 0 Å². The van der Waals surface area contributed by atoms with Crippen molar-refractivity contribution in [3.63, 3.8) is 0 Å². The number of carbonyl (C=O) groups is 2. The predicted molar refractivity (Wildman–Crippen MR) is 107 cm³/mol. The van der Waals surface area contributed by atoms with Crippen LogP contribution >= 0.6 is 23.4 Å². The van der Waals surface area contributed by atoms with E-state index in [9.17, 15) is 14.9 Å². The molecule has 0 bridgehead atoms. The molecule has 2 N–H and O–H groups in total. The lowest BCUT2D eigenvalue weighted by atomic mass is 10.1. The Labute approximate surface area is 166 Å². The van der Waals surface area contributed by atoms with E-state index in [-0.39, 0.29) is 16.5 Å². The van der Waals surface area contributed by atoms with Crippen LogP contribution in [0.15, 0.2) is 59.1 Å². The maximum absolute atomic E-state index is 13.2. The highest BCUT2D eigenvalue weighted by Crippen LogP contribution is 2.42. The number of thioether (sulfide) groups is 1. The van der Waals surface area contributed by atoms with E-state index in [1.165, 1.54) is 16.7 Å². The van der Waals surface area contributed by atoms with Gasteiger partial charge in [0.05, 0.1) is 10.9 Å². The third-order valence-electron chi connectivity index (χ3n) is 4.22. The Morgan fingerprint density at radius 2 is 1.93 bits per heavy atom. The molecule has 1 heterocycles. The molecular formula is C20H16ClN3O2S. The number of para-hydroxylation sites is 1. The predicted octanol–water partition coefficient (Wildman–Crippen LogP) is 3.56. The molecule has 1 fully saturated rings. The van der Waals surface area contributed by atoms with E-state index in [1.807, 2.05) is 37.3 Å². The van der Waals surface area contributed by atoms with Gasteiger partial charge in [-0.2, -0.15) is 5.26 Å². The molecule has 0 radical (unpaired) electrons. The summed E-state index contributed by atoms with van der Waals surface area (Å²) in [7, 11) is 0. The molecule has 0 aromatic heterocycles. The van der Waals surface area contributed by atoms with Crippen molar-refractivity contribution < 1.29 is 9.59 Å². The van der Waals surface area contributed by atoms with Gasteiger partial charge in [0.1, 0.15) is 16.7 Å². The topological polar surface area (TPSA) is 87.2 Å². The van der Waals surface area contributed by atoms with Gasteiger partial charge in [0, 0.05) is 5.02 Å². The average molecular weight is 398 g/mol. The summed E-state index contributed by atoms with van der Waals surface area (Å²) in [5, 5.41) is 9.84. The number of amides is 2. The third-order valence-corrected chi connectivity index (χ3v) is 5.73. The van der Waals surface area contributed by atoms with Crippen molar-refractivity contribution in [2.75, 3.05) is 4.90 Å². The molecule has 7 heteroatoms. The van der Waals surface area contributed by atoms with E-state index in [0.29, 0.717) is 17.1 Å². The summed E-state index contributed by atoms with van der Waals surface area (Å²) in [5.41, 5.74) is 7.60. The smallest absolute Gasteiger partial charge is 0.262 e. The van der Waals surface area contributed by atoms with Crippen molar-refractivity contribution >= 4 is 40.9 Å². The van der Waals surface area contributed by atoms with Gasteiger partial charge in [0.2, 0.25) is 5.91 Å². The Hall–Kier alpha value is -2.75. The summed E-state index contributed by atoms with van der Waals surface area (Å²) in [6.45, 7) is 1.87. The number of nitrogens with zero attached hydrogens (tertiary/aromatic N) is 2. The molecule has 2 aromatic carbocycles. The minimum atomic E-state index is -0.849. The number of rotatable bonds is 4. The lowest BCUT2D eigenvalue weighted by Crippen LogP contribution is -2.31. The molecule has 0 aliphatic carbocycles. The highest BCUT2D eigenvalue weighted by Gasteiger charge is 2.40. The Bertz CT molecular complexity index is 979. The number of nitriles is 1. The molecule has 3 rings (SSSR count). The summed E-state index contributed by atoms with van der Waals surface area (Å²) in [5.74, 6) is -1.04. The Morgan fingerprint density at radius 3 is 2.52 bits per heavy atom. The van der Waals surface area contributed by atoms with Crippen LogP contribution in [-0.4, -0.2) is 17.1 Å². The highest BCUT2D eigenvalue weighted by atomic mass is 35.5. The summed E-state index contributed by atoms with van der Waals surface area (Å²) < 4.78 is 0. The van der Waals surface area contributed by atoms with Gasteiger partial charge in [-0.05, 0) is 42.7 Å². The molecule has 1 aliphatic rings. The van der Waals surface area contributed by atoms with Crippen molar-refractivity contribution in [2.24, 2.45) is 5.73 Å². The lowest BCUT2D eigenvalue weighted by Gasteiger charge is -2.20. The van der Waals surface area contributed by atoms with Crippen LogP contribution in [0.3, 0.4) is 0 Å². The standard InChI is InChI=1S/C20H16ClN3O2S/c1-12-4-2-3-5-16(12)24-19(26)17(10-13-6-8-14(21)9-7-13)27-20(24)15(11-22)18(23)25/h2-9,17H,10H2,1H3,(H2,23,25)/b20-15+. The summed E-state index contributed by atoms with van der Waals surface area (Å²) in [6, 6.07) is 16.4. The fraction of sp³-hybridized carbons (Fsp3) is 0.150. The maximum Gasteiger partial charge on any atom is 0.262 e. The van der Waals surface area contributed by atoms with Gasteiger partial charge in [-0.1, -0.05) is 53.7 Å². The van der Waals surface area contributed by atoms with Crippen LogP contribution in [0, 0.1) is 18.3 Å². The summed E-state index contributed by atoms with van der Waals surface area (Å²) in [4.78, 5) is 26.4. The van der Waals surface area contributed by atoms with Crippen LogP contribution in [0.2, 0.25) is 5.02 Å². The van der Waals surface area contributed by atoms with Crippen molar-refractivity contribution in [2.45, 2.75) is 18.6 Å². The minimum Gasteiger partial charge on any atom is -0.365 e. The first-order chi connectivity index (χ1) is 12.9. The van der Waals surface area contributed by atoms with E-state index in [1.54, 1.807) is 24.3 Å². The van der Waals surface area contributed by atoms with Gasteiger partial charge < -0.3 is 5.73 Å². The SMILES string of the molecule is Cc1ccccc1N1C(=O)C(Cc2ccc(Cl)cc2)S/C1=C(\C#N)C(N)=O. The first-order valence-electron chi connectivity index (χ1n) is 8.17. The largest absolute Gasteiger partial charge is 0.365 e. The normalized spacial score (nSPS) is 18.3. The number of hydrogen-bond donors (Lipinski definition) is 1. The molecule has 27 heavy (non-hydrogen) atoms. The first-order valence-corrected chi connectivity index (χ1v) is 9.43. The Balaban J connectivity index is 2.05. The number of aryl methyl sites for hydroxylation is 1. The van der Waals surface area contributed by atoms with Crippen molar-refractivity contribution in [1.82, 2.24) is 0 Å². The Kier molecular flexibility index (Phi) is 5.54. The van der Waals surface area contributed by atoms with E-state index < -0.39 is 11.2 Å². The van der Waals surface area contributed by atoms with Crippen LogP contribution in [0.5, 0.6) is 0 Å². The average Bonchev–Trinajstić information content (AvgIpc) is 2.94. The number of primary amides is 1. The Morgan fingerprint density at radius 1 is 1.26 bits per heavy atom.